The molecular weight excluding hydrogens is 260 g/mol. The van der Waals surface area contributed by atoms with E-state index in [1.54, 1.807) is 0 Å². The molecule has 0 fully saturated rings. The van der Waals surface area contributed by atoms with Crippen LogP contribution >= 0.6 is 22.9 Å². The number of aromatic nitrogens is 2. The van der Waals surface area contributed by atoms with Gasteiger partial charge in [0.05, 0.1) is 5.69 Å². The van der Waals surface area contributed by atoms with Gasteiger partial charge < -0.3 is 9.84 Å². The number of aryl methyl sites for hydroxylation is 2. The maximum absolute atomic E-state index is 8.76. The first-order chi connectivity index (χ1) is 8.11. The number of thiazole rings is 1. The summed E-state index contributed by atoms with van der Waals surface area (Å²) >= 11 is 7.00. The molecule has 0 amide bonds. The molecule has 0 aliphatic rings. The SMILES string of the molecule is Cc1noc(C)c1CNc1nc(Cl)c(C#N)s1. The van der Waals surface area contributed by atoms with Crippen LogP contribution in [0.2, 0.25) is 5.15 Å². The van der Waals surface area contributed by atoms with Crippen molar-refractivity contribution in [2.45, 2.75) is 20.4 Å². The van der Waals surface area contributed by atoms with Crippen molar-refractivity contribution >= 4 is 28.1 Å². The Morgan fingerprint density at radius 3 is 2.82 bits per heavy atom. The Balaban J connectivity index is 2.10. The van der Waals surface area contributed by atoms with Gasteiger partial charge in [0, 0.05) is 12.1 Å². The van der Waals surface area contributed by atoms with Gasteiger partial charge in [0.15, 0.2) is 10.3 Å². The largest absolute Gasteiger partial charge is 0.361 e. The molecule has 2 aromatic heterocycles. The predicted molar refractivity (Wildman–Crippen MR) is 65.1 cm³/mol. The second kappa shape index (κ2) is 4.73. The fraction of sp³-hybridized carbons (Fsp3) is 0.300. The zero-order chi connectivity index (χ0) is 12.4. The van der Waals surface area contributed by atoms with Crippen LogP contribution in [0.3, 0.4) is 0 Å². The summed E-state index contributed by atoms with van der Waals surface area (Å²) in [5.74, 6) is 0.776. The smallest absolute Gasteiger partial charge is 0.185 e. The van der Waals surface area contributed by atoms with Crippen LogP contribution in [0.25, 0.3) is 0 Å². The molecule has 0 aliphatic carbocycles. The van der Waals surface area contributed by atoms with E-state index in [0.29, 0.717) is 16.6 Å². The predicted octanol–water partition coefficient (Wildman–Crippen LogP) is 2.89. The average Bonchev–Trinajstić information content (AvgIpc) is 2.81. The van der Waals surface area contributed by atoms with Gasteiger partial charge in [0.2, 0.25) is 0 Å². The molecule has 5 nitrogen and oxygen atoms in total. The van der Waals surface area contributed by atoms with Crippen molar-refractivity contribution in [3.8, 4) is 6.07 Å². The molecule has 0 saturated carbocycles. The van der Waals surface area contributed by atoms with E-state index in [9.17, 15) is 0 Å². The third kappa shape index (κ3) is 2.40. The van der Waals surface area contributed by atoms with Crippen molar-refractivity contribution in [2.24, 2.45) is 0 Å². The molecule has 88 valence electrons. The van der Waals surface area contributed by atoms with E-state index in [4.69, 9.17) is 21.4 Å². The summed E-state index contributed by atoms with van der Waals surface area (Å²) in [7, 11) is 0. The fourth-order valence-corrected chi connectivity index (χ4v) is 2.31. The monoisotopic (exact) mass is 268 g/mol. The summed E-state index contributed by atoms with van der Waals surface area (Å²) in [6, 6.07) is 1.98. The number of rotatable bonds is 3. The molecule has 7 heteroatoms. The van der Waals surface area contributed by atoms with Gasteiger partial charge in [0.1, 0.15) is 16.7 Å². The molecule has 2 aromatic rings. The van der Waals surface area contributed by atoms with Crippen molar-refractivity contribution < 1.29 is 4.52 Å². The molecule has 0 spiro atoms. The van der Waals surface area contributed by atoms with Crippen LogP contribution in [-0.2, 0) is 6.54 Å². The normalized spacial score (nSPS) is 10.2. The van der Waals surface area contributed by atoms with E-state index in [1.165, 1.54) is 11.3 Å². The highest BCUT2D eigenvalue weighted by Crippen LogP contribution is 2.26. The number of nitriles is 1. The van der Waals surface area contributed by atoms with Gasteiger partial charge in [-0.05, 0) is 13.8 Å². The summed E-state index contributed by atoms with van der Waals surface area (Å²) in [6.07, 6.45) is 0. The molecule has 2 heterocycles. The number of nitrogens with zero attached hydrogens (tertiary/aromatic N) is 3. The minimum atomic E-state index is 0.235. The summed E-state index contributed by atoms with van der Waals surface area (Å²) in [5, 5.41) is 16.6. The third-order valence-electron chi connectivity index (χ3n) is 2.28. The lowest BCUT2D eigenvalue weighted by Crippen LogP contribution is -2.00. The average molecular weight is 269 g/mol. The van der Waals surface area contributed by atoms with Crippen LogP contribution < -0.4 is 5.32 Å². The molecule has 2 rings (SSSR count). The standard InChI is InChI=1S/C10H9ClN4OS/c1-5-7(6(2)16-15-5)4-13-10-14-9(11)8(3-12)17-10/h4H2,1-2H3,(H,13,14). The summed E-state index contributed by atoms with van der Waals surface area (Å²) in [5.41, 5.74) is 1.84. The lowest BCUT2D eigenvalue weighted by molar-refractivity contribution is 0.392. The number of anilines is 1. The quantitative estimate of drug-likeness (QED) is 0.926. The van der Waals surface area contributed by atoms with Crippen LogP contribution in [0.1, 0.15) is 21.9 Å². The lowest BCUT2D eigenvalue weighted by Gasteiger charge is -2.00. The fourth-order valence-electron chi connectivity index (χ4n) is 1.36. The third-order valence-corrected chi connectivity index (χ3v) is 3.59. The van der Waals surface area contributed by atoms with Crippen LogP contribution in [0, 0.1) is 25.2 Å². The van der Waals surface area contributed by atoms with Gasteiger partial charge >= 0.3 is 0 Å². The van der Waals surface area contributed by atoms with E-state index in [2.05, 4.69) is 15.5 Å². The van der Waals surface area contributed by atoms with Crippen molar-refractivity contribution in [2.75, 3.05) is 5.32 Å². The maximum Gasteiger partial charge on any atom is 0.185 e. The summed E-state index contributed by atoms with van der Waals surface area (Å²) in [6.45, 7) is 4.28. The van der Waals surface area contributed by atoms with Crippen LogP contribution in [0.15, 0.2) is 4.52 Å². The van der Waals surface area contributed by atoms with Gasteiger partial charge in [-0.25, -0.2) is 4.98 Å². The highest BCUT2D eigenvalue weighted by atomic mass is 35.5. The topological polar surface area (TPSA) is 74.7 Å². The van der Waals surface area contributed by atoms with Crippen molar-refractivity contribution in [3.05, 3.63) is 27.0 Å². The number of halogens is 1. The van der Waals surface area contributed by atoms with Crippen molar-refractivity contribution in [3.63, 3.8) is 0 Å². The zero-order valence-corrected chi connectivity index (χ0v) is 10.8. The van der Waals surface area contributed by atoms with E-state index >= 15 is 0 Å². The molecule has 0 bridgehead atoms. The first kappa shape index (κ1) is 11.9. The molecule has 17 heavy (non-hydrogen) atoms. The molecular formula is C10H9ClN4OS. The van der Waals surface area contributed by atoms with Crippen LogP contribution in [0.5, 0.6) is 0 Å². The van der Waals surface area contributed by atoms with Crippen molar-refractivity contribution in [1.29, 1.82) is 5.26 Å². The van der Waals surface area contributed by atoms with Crippen LogP contribution in [0.4, 0.5) is 5.13 Å². The molecule has 0 unspecified atom stereocenters. The molecule has 0 atom stereocenters. The van der Waals surface area contributed by atoms with E-state index < -0.39 is 0 Å². The molecule has 0 radical (unpaired) electrons. The Bertz CT molecular complexity index is 564. The van der Waals surface area contributed by atoms with Gasteiger partial charge in [-0.15, -0.1) is 0 Å². The first-order valence-corrected chi connectivity index (χ1v) is 6.03. The van der Waals surface area contributed by atoms with Gasteiger partial charge in [-0.3, -0.25) is 0 Å². The van der Waals surface area contributed by atoms with Gasteiger partial charge in [-0.1, -0.05) is 28.1 Å². The maximum atomic E-state index is 8.76. The molecule has 1 N–H and O–H groups in total. The van der Waals surface area contributed by atoms with E-state index in [-0.39, 0.29) is 5.15 Å². The lowest BCUT2D eigenvalue weighted by atomic mass is 10.2. The van der Waals surface area contributed by atoms with E-state index in [1.807, 2.05) is 19.9 Å². The second-order valence-corrected chi connectivity index (χ2v) is 4.76. The number of hydrogen-bond acceptors (Lipinski definition) is 6. The molecule has 0 aromatic carbocycles. The highest BCUT2D eigenvalue weighted by molar-refractivity contribution is 7.16. The number of hydrogen-bond donors (Lipinski definition) is 1. The zero-order valence-electron chi connectivity index (χ0n) is 9.24. The minimum Gasteiger partial charge on any atom is -0.361 e. The second-order valence-electron chi connectivity index (χ2n) is 3.41. The minimum absolute atomic E-state index is 0.235. The molecule has 0 saturated heterocycles. The Morgan fingerprint density at radius 1 is 1.53 bits per heavy atom. The Labute approximate surface area is 107 Å². The van der Waals surface area contributed by atoms with Crippen molar-refractivity contribution in [1.82, 2.24) is 10.1 Å². The van der Waals surface area contributed by atoms with Gasteiger partial charge in [-0.2, -0.15) is 5.26 Å². The highest BCUT2D eigenvalue weighted by Gasteiger charge is 2.11. The van der Waals surface area contributed by atoms with Gasteiger partial charge in [0.25, 0.3) is 0 Å². The Morgan fingerprint density at radius 2 is 2.29 bits per heavy atom. The Hall–Kier alpha value is -1.58. The summed E-state index contributed by atoms with van der Waals surface area (Å²) < 4.78 is 5.05. The first-order valence-electron chi connectivity index (χ1n) is 4.84. The molecule has 0 aliphatic heterocycles. The van der Waals surface area contributed by atoms with E-state index in [0.717, 1.165) is 17.0 Å². The Kier molecular flexibility index (Phi) is 3.31. The summed E-state index contributed by atoms with van der Waals surface area (Å²) in [4.78, 5) is 4.45. The van der Waals surface area contributed by atoms with Crippen LogP contribution in [-0.4, -0.2) is 10.1 Å². The number of nitrogens with one attached hydrogen (secondary N) is 1.